The molecule has 20 heavy (non-hydrogen) atoms. The first-order chi connectivity index (χ1) is 9.49. The number of halogens is 2. The molecular weight excluding hydrogens is 342 g/mol. The second-order valence-electron chi connectivity index (χ2n) is 4.41. The van der Waals surface area contributed by atoms with Gasteiger partial charge in [0.2, 0.25) is 0 Å². The first-order valence-corrected chi connectivity index (χ1v) is 7.16. The van der Waals surface area contributed by atoms with Crippen molar-refractivity contribution >= 4 is 39.2 Å². The van der Waals surface area contributed by atoms with Gasteiger partial charge in [0.25, 0.3) is 0 Å². The van der Waals surface area contributed by atoms with E-state index in [4.69, 9.17) is 11.6 Å². The van der Waals surface area contributed by atoms with Crippen LogP contribution in [0.5, 0.6) is 0 Å². The van der Waals surface area contributed by atoms with Crippen molar-refractivity contribution in [1.82, 2.24) is 0 Å². The maximum atomic E-state index is 11.5. The fraction of sp³-hybridized carbons (Fsp3) is 0.133. The van der Waals surface area contributed by atoms with Crippen LogP contribution in [0.2, 0.25) is 5.02 Å². The number of carbonyl (C=O) groups is 1. The molecule has 0 aliphatic rings. The molecule has 2 rings (SSSR count). The summed E-state index contributed by atoms with van der Waals surface area (Å²) in [5, 5.41) is 13.0. The molecule has 2 aromatic rings. The highest BCUT2D eigenvalue weighted by Gasteiger charge is 2.20. The predicted octanol–water partition coefficient (Wildman–Crippen LogP) is 4.65. The minimum atomic E-state index is -0.945. The van der Waals surface area contributed by atoms with Gasteiger partial charge < -0.3 is 10.4 Å². The molecule has 0 spiro atoms. The van der Waals surface area contributed by atoms with E-state index in [1.165, 1.54) is 0 Å². The Balaban J connectivity index is 2.35. The summed E-state index contributed by atoms with van der Waals surface area (Å²) in [5.74, 6) is -0.945. The van der Waals surface area contributed by atoms with Gasteiger partial charge in [0.15, 0.2) is 6.04 Å². The summed E-state index contributed by atoms with van der Waals surface area (Å²) in [4.78, 5) is 11.5. The van der Waals surface area contributed by atoms with Crippen molar-refractivity contribution in [3.8, 4) is 0 Å². The molecule has 2 aromatic carbocycles. The molecule has 0 heterocycles. The van der Waals surface area contributed by atoms with Gasteiger partial charge in [-0.05, 0) is 46.1 Å². The summed E-state index contributed by atoms with van der Waals surface area (Å²) < 4.78 is 0.779. The highest BCUT2D eigenvalue weighted by Crippen LogP contribution is 2.31. The van der Waals surface area contributed by atoms with Gasteiger partial charge in [-0.2, -0.15) is 0 Å². The monoisotopic (exact) mass is 353 g/mol. The third-order valence-corrected chi connectivity index (χ3v) is 3.99. The number of hydrogen-bond acceptors (Lipinski definition) is 2. The predicted molar refractivity (Wildman–Crippen MR) is 84.3 cm³/mol. The maximum Gasteiger partial charge on any atom is 0.330 e. The van der Waals surface area contributed by atoms with Gasteiger partial charge in [0, 0.05) is 9.50 Å². The quantitative estimate of drug-likeness (QED) is 0.840. The Morgan fingerprint density at radius 3 is 2.55 bits per heavy atom. The van der Waals surface area contributed by atoms with Crippen LogP contribution in [0.15, 0.2) is 46.9 Å². The summed E-state index contributed by atoms with van der Waals surface area (Å²) in [6, 6.07) is 11.8. The Morgan fingerprint density at radius 1 is 1.30 bits per heavy atom. The molecule has 1 unspecified atom stereocenters. The zero-order valence-corrected chi connectivity index (χ0v) is 13.1. The molecule has 0 aromatic heterocycles. The van der Waals surface area contributed by atoms with E-state index in [0.29, 0.717) is 16.3 Å². The molecule has 0 saturated heterocycles. The molecule has 0 amide bonds. The van der Waals surface area contributed by atoms with Crippen LogP contribution in [0, 0.1) is 6.92 Å². The molecule has 3 nitrogen and oxygen atoms in total. The lowest BCUT2D eigenvalue weighted by atomic mass is 10.1. The fourth-order valence-corrected chi connectivity index (χ4v) is 2.58. The summed E-state index contributed by atoms with van der Waals surface area (Å²) in [7, 11) is 0. The number of benzene rings is 2. The summed E-state index contributed by atoms with van der Waals surface area (Å²) in [6.45, 7) is 1.89. The molecule has 0 aliphatic heterocycles. The summed E-state index contributed by atoms with van der Waals surface area (Å²) >= 11 is 9.50. The van der Waals surface area contributed by atoms with E-state index in [0.717, 1.165) is 10.0 Å². The van der Waals surface area contributed by atoms with Crippen LogP contribution < -0.4 is 5.32 Å². The average molecular weight is 355 g/mol. The Labute approximate surface area is 130 Å². The molecule has 104 valence electrons. The smallest absolute Gasteiger partial charge is 0.330 e. The van der Waals surface area contributed by atoms with E-state index in [-0.39, 0.29) is 0 Å². The zero-order chi connectivity index (χ0) is 14.7. The zero-order valence-electron chi connectivity index (χ0n) is 10.7. The number of carboxylic acids is 1. The van der Waals surface area contributed by atoms with Crippen molar-refractivity contribution in [1.29, 1.82) is 0 Å². The van der Waals surface area contributed by atoms with E-state index in [2.05, 4.69) is 21.2 Å². The molecule has 0 fully saturated rings. The first kappa shape index (κ1) is 14.9. The van der Waals surface area contributed by atoms with Gasteiger partial charge in [-0.1, -0.05) is 41.9 Å². The summed E-state index contributed by atoms with van der Waals surface area (Å²) in [5.41, 5.74) is 2.26. The lowest BCUT2D eigenvalue weighted by molar-refractivity contribution is -0.138. The van der Waals surface area contributed by atoms with Gasteiger partial charge in [0.05, 0.1) is 5.69 Å². The van der Waals surface area contributed by atoms with Crippen molar-refractivity contribution in [2.75, 3.05) is 5.32 Å². The van der Waals surface area contributed by atoms with Crippen molar-refractivity contribution in [3.63, 3.8) is 0 Å². The van der Waals surface area contributed by atoms with Gasteiger partial charge in [-0.15, -0.1) is 0 Å². The third kappa shape index (κ3) is 3.32. The van der Waals surface area contributed by atoms with E-state index in [1.54, 1.807) is 18.2 Å². The molecule has 0 radical (unpaired) electrons. The lowest BCUT2D eigenvalue weighted by Crippen LogP contribution is -2.20. The highest BCUT2D eigenvalue weighted by atomic mass is 79.9. The Kier molecular flexibility index (Phi) is 4.68. The van der Waals surface area contributed by atoms with Crippen LogP contribution in [0.3, 0.4) is 0 Å². The molecule has 2 N–H and O–H groups in total. The van der Waals surface area contributed by atoms with Crippen LogP contribution in [-0.4, -0.2) is 11.1 Å². The Hall–Kier alpha value is -1.52. The Morgan fingerprint density at radius 2 is 1.95 bits per heavy atom. The highest BCUT2D eigenvalue weighted by molar-refractivity contribution is 9.10. The fourth-order valence-electron chi connectivity index (χ4n) is 1.85. The lowest BCUT2D eigenvalue weighted by Gasteiger charge is -2.18. The van der Waals surface area contributed by atoms with Crippen LogP contribution in [0.25, 0.3) is 0 Å². The molecule has 1 atom stereocenters. The molecule has 5 heteroatoms. The average Bonchev–Trinajstić information content (AvgIpc) is 2.42. The SMILES string of the molecule is Cc1cc(Br)c(NC(C(=O)O)c2ccccc2)cc1Cl. The minimum absolute atomic E-state index is 0.591. The number of rotatable bonds is 4. The molecule has 0 aliphatic carbocycles. The second kappa shape index (κ2) is 6.29. The van der Waals surface area contributed by atoms with Crippen LogP contribution in [0.1, 0.15) is 17.2 Å². The minimum Gasteiger partial charge on any atom is -0.479 e. The number of nitrogens with one attached hydrogen (secondary N) is 1. The number of hydrogen-bond donors (Lipinski definition) is 2. The standard InChI is InChI=1S/C15H13BrClNO2/c1-9-7-11(16)13(8-12(9)17)18-14(15(19)20)10-5-3-2-4-6-10/h2-8,14,18H,1H3,(H,19,20). The van der Waals surface area contributed by atoms with Crippen molar-refractivity contribution in [3.05, 3.63) is 63.1 Å². The third-order valence-electron chi connectivity index (χ3n) is 2.93. The van der Waals surface area contributed by atoms with Gasteiger partial charge in [0.1, 0.15) is 0 Å². The Bertz CT molecular complexity index is 631. The number of aliphatic carboxylic acids is 1. The normalized spacial score (nSPS) is 11.9. The van der Waals surface area contributed by atoms with Crippen molar-refractivity contribution in [2.45, 2.75) is 13.0 Å². The number of anilines is 1. The maximum absolute atomic E-state index is 11.5. The topological polar surface area (TPSA) is 49.3 Å². The van der Waals surface area contributed by atoms with Crippen molar-refractivity contribution in [2.24, 2.45) is 0 Å². The van der Waals surface area contributed by atoms with Gasteiger partial charge >= 0.3 is 5.97 Å². The van der Waals surface area contributed by atoms with E-state index in [9.17, 15) is 9.90 Å². The van der Waals surface area contributed by atoms with Gasteiger partial charge in [-0.3, -0.25) is 0 Å². The van der Waals surface area contributed by atoms with E-state index in [1.807, 2.05) is 31.2 Å². The van der Waals surface area contributed by atoms with E-state index >= 15 is 0 Å². The largest absolute Gasteiger partial charge is 0.479 e. The first-order valence-electron chi connectivity index (χ1n) is 5.99. The number of aryl methyl sites for hydroxylation is 1. The molecule has 0 bridgehead atoms. The van der Waals surface area contributed by atoms with E-state index < -0.39 is 12.0 Å². The number of carboxylic acid groups (broad SMARTS) is 1. The van der Waals surface area contributed by atoms with Crippen LogP contribution in [0.4, 0.5) is 5.69 Å². The van der Waals surface area contributed by atoms with Crippen LogP contribution >= 0.6 is 27.5 Å². The summed E-state index contributed by atoms with van der Waals surface area (Å²) in [6.07, 6.45) is 0. The molecule has 0 saturated carbocycles. The van der Waals surface area contributed by atoms with Crippen molar-refractivity contribution < 1.29 is 9.90 Å². The van der Waals surface area contributed by atoms with Gasteiger partial charge in [-0.25, -0.2) is 4.79 Å². The second-order valence-corrected chi connectivity index (χ2v) is 5.67. The molecular formula is C15H13BrClNO2. The van der Waals surface area contributed by atoms with Crippen LogP contribution in [-0.2, 0) is 4.79 Å².